The van der Waals surface area contributed by atoms with E-state index >= 15 is 0 Å². The van der Waals surface area contributed by atoms with Crippen molar-refractivity contribution in [3.63, 3.8) is 0 Å². The molecule has 6 heteroatoms. The van der Waals surface area contributed by atoms with E-state index in [0.29, 0.717) is 17.5 Å². The molecule has 0 atom stereocenters. The molecule has 0 aliphatic heterocycles. The van der Waals surface area contributed by atoms with Gasteiger partial charge in [-0.05, 0) is 0 Å². The van der Waals surface area contributed by atoms with Gasteiger partial charge in [-0.1, -0.05) is 30.3 Å². The SMILES string of the molecule is CN(C)C(=O)CNc1cc(N)nc(-c2ccccc2)n1. The van der Waals surface area contributed by atoms with Crippen LogP contribution in [0, 0.1) is 0 Å². The third kappa shape index (κ3) is 3.44. The molecular formula is C14H17N5O. The molecule has 1 heterocycles. The summed E-state index contributed by atoms with van der Waals surface area (Å²) in [6.45, 7) is 0.164. The highest BCUT2D eigenvalue weighted by Crippen LogP contribution is 2.18. The first-order chi connectivity index (χ1) is 9.56. The standard InChI is InChI=1S/C14H17N5O/c1-19(2)13(20)9-16-12-8-11(15)17-14(18-12)10-6-4-3-5-7-10/h3-8H,9H2,1-2H3,(H3,15,16,17,18). The number of nitrogens with zero attached hydrogens (tertiary/aromatic N) is 3. The number of nitrogens with one attached hydrogen (secondary N) is 1. The van der Waals surface area contributed by atoms with Crippen molar-refractivity contribution in [2.45, 2.75) is 0 Å². The van der Waals surface area contributed by atoms with Crippen LogP contribution in [0.15, 0.2) is 36.4 Å². The minimum Gasteiger partial charge on any atom is -0.384 e. The van der Waals surface area contributed by atoms with E-state index in [9.17, 15) is 4.79 Å². The molecule has 1 aromatic heterocycles. The van der Waals surface area contributed by atoms with E-state index in [-0.39, 0.29) is 12.5 Å². The van der Waals surface area contributed by atoms with Crippen molar-refractivity contribution in [2.75, 3.05) is 31.7 Å². The van der Waals surface area contributed by atoms with Gasteiger partial charge in [0.1, 0.15) is 11.6 Å². The monoisotopic (exact) mass is 271 g/mol. The van der Waals surface area contributed by atoms with Crippen molar-refractivity contribution in [1.29, 1.82) is 0 Å². The smallest absolute Gasteiger partial charge is 0.241 e. The summed E-state index contributed by atoms with van der Waals surface area (Å²) in [7, 11) is 3.40. The van der Waals surface area contributed by atoms with Gasteiger partial charge >= 0.3 is 0 Å². The van der Waals surface area contributed by atoms with Crippen molar-refractivity contribution in [3.8, 4) is 11.4 Å². The Morgan fingerprint density at radius 1 is 1.25 bits per heavy atom. The molecule has 0 saturated carbocycles. The van der Waals surface area contributed by atoms with Gasteiger partial charge in [-0.25, -0.2) is 9.97 Å². The average molecular weight is 271 g/mol. The van der Waals surface area contributed by atoms with Crippen LogP contribution in [-0.2, 0) is 4.79 Å². The predicted octanol–water partition coefficient (Wildman–Crippen LogP) is 1.23. The minimum atomic E-state index is -0.0385. The fourth-order valence-corrected chi connectivity index (χ4v) is 1.60. The van der Waals surface area contributed by atoms with Gasteiger partial charge in [-0.15, -0.1) is 0 Å². The van der Waals surface area contributed by atoms with Crippen molar-refractivity contribution in [2.24, 2.45) is 0 Å². The maximum atomic E-state index is 11.5. The second kappa shape index (κ2) is 6.01. The number of carbonyl (C=O) groups excluding carboxylic acids is 1. The van der Waals surface area contributed by atoms with E-state index in [0.717, 1.165) is 5.56 Å². The molecule has 6 nitrogen and oxygen atoms in total. The highest BCUT2D eigenvalue weighted by Gasteiger charge is 2.07. The molecule has 20 heavy (non-hydrogen) atoms. The number of hydrogen-bond acceptors (Lipinski definition) is 5. The molecule has 1 amide bonds. The van der Waals surface area contributed by atoms with Crippen LogP contribution in [0.2, 0.25) is 0 Å². The Hall–Kier alpha value is -2.63. The molecule has 0 saturated heterocycles. The van der Waals surface area contributed by atoms with Crippen LogP contribution in [0.25, 0.3) is 11.4 Å². The number of amides is 1. The third-order valence-electron chi connectivity index (χ3n) is 2.70. The third-order valence-corrected chi connectivity index (χ3v) is 2.70. The molecule has 0 aliphatic rings. The first-order valence-electron chi connectivity index (χ1n) is 6.20. The summed E-state index contributed by atoms with van der Waals surface area (Å²) in [6, 6.07) is 11.2. The topological polar surface area (TPSA) is 84.1 Å². The van der Waals surface area contributed by atoms with Gasteiger partial charge in [0.25, 0.3) is 0 Å². The van der Waals surface area contributed by atoms with E-state index < -0.39 is 0 Å². The lowest BCUT2D eigenvalue weighted by atomic mass is 10.2. The first kappa shape index (κ1) is 13.8. The predicted molar refractivity (Wildman–Crippen MR) is 79.1 cm³/mol. The molecule has 0 spiro atoms. The lowest BCUT2D eigenvalue weighted by Crippen LogP contribution is -2.28. The molecule has 0 radical (unpaired) electrons. The summed E-state index contributed by atoms with van der Waals surface area (Å²) >= 11 is 0. The van der Waals surface area contributed by atoms with Gasteiger partial charge in [0.2, 0.25) is 5.91 Å². The normalized spacial score (nSPS) is 10.1. The Balaban J connectivity index is 2.19. The lowest BCUT2D eigenvalue weighted by Gasteiger charge is -2.12. The van der Waals surface area contributed by atoms with Crippen LogP contribution in [0.1, 0.15) is 0 Å². The number of nitrogen functional groups attached to an aromatic ring is 1. The van der Waals surface area contributed by atoms with E-state index in [1.165, 1.54) is 4.90 Å². The molecule has 2 aromatic rings. The van der Waals surface area contributed by atoms with Crippen molar-refractivity contribution in [1.82, 2.24) is 14.9 Å². The summed E-state index contributed by atoms with van der Waals surface area (Å²) in [4.78, 5) is 21.6. The van der Waals surface area contributed by atoms with Gasteiger partial charge in [0.05, 0.1) is 6.54 Å². The zero-order chi connectivity index (χ0) is 14.5. The molecule has 0 aliphatic carbocycles. The maximum Gasteiger partial charge on any atom is 0.241 e. The van der Waals surface area contributed by atoms with E-state index in [2.05, 4.69) is 15.3 Å². The highest BCUT2D eigenvalue weighted by atomic mass is 16.2. The molecule has 3 N–H and O–H groups in total. The summed E-state index contributed by atoms with van der Waals surface area (Å²) in [6.07, 6.45) is 0. The van der Waals surface area contributed by atoms with Gasteiger partial charge in [0, 0.05) is 25.7 Å². The van der Waals surface area contributed by atoms with Crippen LogP contribution in [0.4, 0.5) is 11.6 Å². The molecule has 0 unspecified atom stereocenters. The number of rotatable bonds is 4. The van der Waals surface area contributed by atoms with Gasteiger partial charge in [-0.3, -0.25) is 4.79 Å². The van der Waals surface area contributed by atoms with Gasteiger partial charge < -0.3 is 16.0 Å². The zero-order valence-electron chi connectivity index (χ0n) is 11.5. The average Bonchev–Trinajstić information content (AvgIpc) is 2.45. The molecule has 0 fully saturated rings. The quantitative estimate of drug-likeness (QED) is 0.873. The minimum absolute atomic E-state index is 0.0385. The second-order valence-corrected chi connectivity index (χ2v) is 4.51. The number of anilines is 2. The Morgan fingerprint density at radius 2 is 1.95 bits per heavy atom. The number of hydrogen-bond donors (Lipinski definition) is 2. The maximum absolute atomic E-state index is 11.5. The lowest BCUT2D eigenvalue weighted by molar-refractivity contribution is -0.126. The van der Waals surface area contributed by atoms with Crippen molar-refractivity contribution in [3.05, 3.63) is 36.4 Å². The van der Waals surface area contributed by atoms with Crippen LogP contribution in [0.5, 0.6) is 0 Å². The van der Waals surface area contributed by atoms with Crippen LogP contribution >= 0.6 is 0 Å². The molecule has 2 rings (SSSR count). The van der Waals surface area contributed by atoms with Crippen LogP contribution in [-0.4, -0.2) is 41.4 Å². The summed E-state index contributed by atoms with van der Waals surface area (Å²) in [5.74, 6) is 1.39. The molecule has 104 valence electrons. The number of aromatic nitrogens is 2. The van der Waals surface area contributed by atoms with E-state index in [1.54, 1.807) is 20.2 Å². The number of nitrogens with two attached hydrogens (primary N) is 1. The Bertz CT molecular complexity index is 598. The van der Waals surface area contributed by atoms with Gasteiger partial charge in [-0.2, -0.15) is 0 Å². The molecule has 1 aromatic carbocycles. The number of benzene rings is 1. The summed E-state index contributed by atoms with van der Waals surface area (Å²) in [5, 5.41) is 2.95. The Morgan fingerprint density at radius 3 is 2.60 bits per heavy atom. The van der Waals surface area contributed by atoms with E-state index in [4.69, 9.17) is 5.73 Å². The largest absolute Gasteiger partial charge is 0.384 e. The number of likely N-dealkylation sites (N-methyl/N-ethyl adjacent to an activating group) is 1. The zero-order valence-corrected chi connectivity index (χ0v) is 11.5. The first-order valence-corrected chi connectivity index (χ1v) is 6.20. The summed E-state index contributed by atoms with van der Waals surface area (Å²) in [5.41, 5.74) is 6.65. The highest BCUT2D eigenvalue weighted by molar-refractivity contribution is 5.80. The van der Waals surface area contributed by atoms with Crippen LogP contribution in [0.3, 0.4) is 0 Å². The van der Waals surface area contributed by atoms with Gasteiger partial charge in [0.15, 0.2) is 5.82 Å². The Labute approximate surface area is 117 Å². The van der Waals surface area contributed by atoms with E-state index in [1.807, 2.05) is 30.3 Å². The Kier molecular flexibility index (Phi) is 4.14. The van der Waals surface area contributed by atoms with Crippen molar-refractivity contribution < 1.29 is 4.79 Å². The fraction of sp³-hybridized carbons (Fsp3) is 0.214. The van der Waals surface area contributed by atoms with Crippen molar-refractivity contribution >= 4 is 17.5 Å². The molecular weight excluding hydrogens is 254 g/mol. The number of carbonyl (C=O) groups is 1. The second-order valence-electron chi connectivity index (χ2n) is 4.51. The van der Waals surface area contributed by atoms with Crippen LogP contribution < -0.4 is 11.1 Å². The fourth-order valence-electron chi connectivity index (χ4n) is 1.60. The summed E-state index contributed by atoms with van der Waals surface area (Å²) < 4.78 is 0. The molecule has 0 bridgehead atoms.